The number of carboxylic acid groups (broad SMARTS) is 1. The Morgan fingerprint density at radius 2 is 1.76 bits per heavy atom. The van der Waals surface area contributed by atoms with Crippen molar-refractivity contribution in [3.63, 3.8) is 0 Å². The van der Waals surface area contributed by atoms with Crippen LogP contribution in [0.2, 0.25) is 0 Å². The number of aromatic carboxylic acids is 1. The lowest BCUT2D eigenvalue weighted by molar-refractivity contribution is 0.0693. The maximum absolute atomic E-state index is 13.7. The average Bonchev–Trinajstić information content (AvgIpc) is 2.42. The summed E-state index contributed by atoms with van der Waals surface area (Å²) >= 11 is 6.44. The van der Waals surface area contributed by atoms with Crippen molar-refractivity contribution in [2.75, 3.05) is 0 Å². The van der Waals surface area contributed by atoms with Crippen molar-refractivity contribution in [3.8, 4) is 0 Å². The molecule has 0 saturated heterocycles. The van der Waals surface area contributed by atoms with Gasteiger partial charge in [0.25, 0.3) is 0 Å². The van der Waals surface area contributed by atoms with E-state index in [1.165, 1.54) is 24.3 Å². The van der Waals surface area contributed by atoms with Crippen molar-refractivity contribution in [1.29, 1.82) is 0 Å². The third-order valence-corrected chi connectivity index (χ3v) is 5.10. The van der Waals surface area contributed by atoms with Gasteiger partial charge in [-0.3, -0.25) is 4.21 Å². The van der Waals surface area contributed by atoms with Crippen LogP contribution in [0.15, 0.2) is 50.2 Å². The van der Waals surface area contributed by atoms with E-state index in [-0.39, 0.29) is 21.8 Å². The standard InChI is InChI=1S/C14H9Br2FO3S/c15-9-2-4-12(17)8(5-9)7-21(20)13-6-10(16)1-3-11(13)14(18)19/h1-6H,7H2,(H,18,19). The van der Waals surface area contributed by atoms with Crippen LogP contribution in [0.4, 0.5) is 4.39 Å². The Kier molecular flexibility index (Phi) is 5.29. The van der Waals surface area contributed by atoms with Crippen LogP contribution in [0.1, 0.15) is 15.9 Å². The van der Waals surface area contributed by atoms with E-state index in [0.717, 1.165) is 0 Å². The molecule has 0 radical (unpaired) electrons. The van der Waals surface area contributed by atoms with Crippen LogP contribution in [0, 0.1) is 5.82 Å². The Bertz CT molecular complexity index is 734. The monoisotopic (exact) mass is 434 g/mol. The van der Waals surface area contributed by atoms with Crippen LogP contribution in [-0.2, 0) is 16.6 Å². The summed E-state index contributed by atoms with van der Waals surface area (Å²) in [6.45, 7) is 0. The first-order chi connectivity index (χ1) is 9.88. The summed E-state index contributed by atoms with van der Waals surface area (Å²) in [5.74, 6) is -1.74. The van der Waals surface area contributed by atoms with Crippen molar-refractivity contribution in [2.45, 2.75) is 10.6 Å². The number of rotatable bonds is 4. The quantitative estimate of drug-likeness (QED) is 0.776. The maximum atomic E-state index is 13.7. The van der Waals surface area contributed by atoms with Gasteiger partial charge in [0.1, 0.15) is 5.82 Å². The van der Waals surface area contributed by atoms with Crippen molar-refractivity contribution < 1.29 is 18.5 Å². The summed E-state index contributed by atoms with van der Waals surface area (Å²) in [6.07, 6.45) is 0. The molecule has 21 heavy (non-hydrogen) atoms. The van der Waals surface area contributed by atoms with Gasteiger partial charge in [-0.2, -0.15) is 0 Å². The predicted octanol–water partition coefficient (Wildman–Crippen LogP) is 4.36. The van der Waals surface area contributed by atoms with Crippen molar-refractivity contribution >= 4 is 48.6 Å². The van der Waals surface area contributed by atoms with E-state index in [9.17, 15) is 13.4 Å². The molecule has 0 fully saturated rings. The van der Waals surface area contributed by atoms with E-state index in [2.05, 4.69) is 31.9 Å². The molecule has 0 aliphatic carbocycles. The summed E-state index contributed by atoms with van der Waals surface area (Å²) in [5, 5.41) is 9.14. The second-order valence-electron chi connectivity index (χ2n) is 4.17. The summed E-state index contributed by atoms with van der Waals surface area (Å²) in [6, 6.07) is 8.76. The molecule has 1 unspecified atom stereocenters. The molecule has 0 amide bonds. The van der Waals surface area contributed by atoms with Crippen molar-refractivity contribution in [1.82, 2.24) is 0 Å². The number of hydrogen-bond acceptors (Lipinski definition) is 2. The van der Waals surface area contributed by atoms with Gasteiger partial charge in [0, 0.05) is 14.5 Å². The minimum absolute atomic E-state index is 0.0491. The second-order valence-corrected chi connectivity index (χ2v) is 7.42. The highest BCUT2D eigenvalue weighted by atomic mass is 79.9. The van der Waals surface area contributed by atoms with Gasteiger partial charge in [-0.25, -0.2) is 9.18 Å². The Morgan fingerprint density at radius 3 is 2.43 bits per heavy atom. The topological polar surface area (TPSA) is 54.4 Å². The van der Waals surface area contributed by atoms with Gasteiger partial charge in [0.15, 0.2) is 0 Å². The number of halogens is 3. The first-order valence-electron chi connectivity index (χ1n) is 5.73. The zero-order chi connectivity index (χ0) is 15.6. The van der Waals surface area contributed by atoms with Crippen LogP contribution >= 0.6 is 31.9 Å². The lowest BCUT2D eigenvalue weighted by atomic mass is 10.2. The van der Waals surface area contributed by atoms with Gasteiger partial charge in [-0.05, 0) is 36.4 Å². The van der Waals surface area contributed by atoms with E-state index in [1.54, 1.807) is 12.1 Å². The van der Waals surface area contributed by atoms with Gasteiger partial charge in [-0.1, -0.05) is 31.9 Å². The molecule has 0 aliphatic rings. The lowest BCUT2D eigenvalue weighted by Crippen LogP contribution is -2.07. The zero-order valence-corrected chi connectivity index (χ0v) is 14.5. The Morgan fingerprint density at radius 1 is 1.14 bits per heavy atom. The largest absolute Gasteiger partial charge is 0.478 e. The van der Waals surface area contributed by atoms with Crippen LogP contribution in [0.25, 0.3) is 0 Å². The zero-order valence-electron chi connectivity index (χ0n) is 10.5. The SMILES string of the molecule is O=C(O)c1ccc(Br)cc1S(=O)Cc1cc(Br)ccc1F. The Labute approximate surface area is 139 Å². The molecule has 1 N–H and O–H groups in total. The second kappa shape index (κ2) is 6.81. The van der Waals surface area contributed by atoms with Gasteiger partial charge < -0.3 is 5.11 Å². The van der Waals surface area contributed by atoms with Crippen LogP contribution < -0.4 is 0 Å². The molecule has 0 bridgehead atoms. The number of carbonyl (C=O) groups is 1. The molecular weight excluding hydrogens is 427 g/mol. The molecule has 0 spiro atoms. The number of carboxylic acids is 1. The van der Waals surface area contributed by atoms with Crippen molar-refractivity contribution in [2.24, 2.45) is 0 Å². The van der Waals surface area contributed by atoms with Gasteiger partial charge in [0.2, 0.25) is 0 Å². The average molecular weight is 436 g/mol. The molecule has 7 heteroatoms. The normalized spacial score (nSPS) is 12.1. The third kappa shape index (κ3) is 3.99. The third-order valence-electron chi connectivity index (χ3n) is 2.71. The first-order valence-corrected chi connectivity index (χ1v) is 8.64. The molecule has 0 aliphatic heterocycles. The Hall–Kier alpha value is -1.05. The highest BCUT2D eigenvalue weighted by molar-refractivity contribution is 9.10. The summed E-state index contributed by atoms with van der Waals surface area (Å²) in [4.78, 5) is 11.3. The molecule has 1 atom stereocenters. The fourth-order valence-electron chi connectivity index (χ4n) is 1.73. The summed E-state index contributed by atoms with van der Waals surface area (Å²) in [7, 11) is -1.67. The highest BCUT2D eigenvalue weighted by Gasteiger charge is 2.17. The number of hydrogen-bond donors (Lipinski definition) is 1. The van der Waals surface area contributed by atoms with Crippen LogP contribution in [0.3, 0.4) is 0 Å². The van der Waals surface area contributed by atoms with E-state index < -0.39 is 22.6 Å². The van der Waals surface area contributed by atoms with Gasteiger partial charge >= 0.3 is 5.97 Å². The summed E-state index contributed by atoms with van der Waals surface area (Å²) < 4.78 is 27.4. The highest BCUT2D eigenvalue weighted by Crippen LogP contribution is 2.24. The minimum atomic E-state index is -1.67. The Balaban J connectivity index is 2.39. The van der Waals surface area contributed by atoms with E-state index in [0.29, 0.717) is 8.95 Å². The first kappa shape index (κ1) is 16.3. The van der Waals surface area contributed by atoms with Crippen LogP contribution in [0.5, 0.6) is 0 Å². The summed E-state index contributed by atoms with van der Waals surface area (Å²) in [5.41, 5.74) is 0.214. The molecule has 0 aromatic heterocycles. The predicted molar refractivity (Wildman–Crippen MR) is 85.3 cm³/mol. The molecule has 3 nitrogen and oxygen atoms in total. The fraction of sp³-hybridized carbons (Fsp3) is 0.0714. The minimum Gasteiger partial charge on any atom is -0.478 e. The molecular formula is C14H9Br2FO3S. The molecule has 0 heterocycles. The molecule has 110 valence electrons. The van der Waals surface area contributed by atoms with Gasteiger partial charge in [-0.15, -0.1) is 0 Å². The smallest absolute Gasteiger partial charge is 0.336 e. The van der Waals surface area contributed by atoms with E-state index >= 15 is 0 Å². The van der Waals surface area contributed by atoms with Crippen LogP contribution in [-0.4, -0.2) is 15.3 Å². The maximum Gasteiger partial charge on any atom is 0.336 e. The lowest BCUT2D eigenvalue weighted by Gasteiger charge is -2.08. The van der Waals surface area contributed by atoms with E-state index in [1.807, 2.05) is 0 Å². The van der Waals surface area contributed by atoms with Gasteiger partial charge in [0.05, 0.1) is 27.0 Å². The number of benzene rings is 2. The molecule has 0 saturated carbocycles. The van der Waals surface area contributed by atoms with E-state index in [4.69, 9.17) is 5.11 Å². The molecule has 2 aromatic rings. The van der Waals surface area contributed by atoms with Crippen molar-refractivity contribution in [3.05, 3.63) is 62.3 Å². The molecule has 2 aromatic carbocycles. The molecule has 2 rings (SSSR count). The fourth-order valence-corrected chi connectivity index (χ4v) is 3.97.